The predicted molar refractivity (Wildman–Crippen MR) is 126 cm³/mol. The monoisotopic (exact) mass is 491 g/mol. The van der Waals surface area contributed by atoms with E-state index in [1.165, 1.54) is 18.2 Å². The van der Waals surface area contributed by atoms with E-state index in [4.69, 9.17) is 34.8 Å². The Kier molecular flexibility index (Phi) is 6.47. The first-order valence-corrected chi connectivity index (χ1v) is 11.3. The second-order valence-corrected chi connectivity index (χ2v) is 9.10. The lowest BCUT2D eigenvalue weighted by atomic mass is 9.98. The first-order valence-electron chi connectivity index (χ1n) is 10.2. The molecule has 1 fully saturated rings. The molecule has 2 aromatic carbocycles. The molecule has 0 unspecified atom stereocenters. The van der Waals surface area contributed by atoms with Gasteiger partial charge < -0.3 is 10.2 Å². The Morgan fingerprint density at radius 2 is 1.59 bits per heavy atom. The molecule has 166 valence electrons. The van der Waals surface area contributed by atoms with E-state index in [-0.39, 0.29) is 27.3 Å². The van der Waals surface area contributed by atoms with E-state index in [9.17, 15) is 14.4 Å². The average molecular weight is 493 g/mol. The van der Waals surface area contributed by atoms with Gasteiger partial charge in [0.2, 0.25) is 0 Å². The SMILES string of the molecule is CC1CCN(C(=O)c2ccc(NC3=C(Cl)C(=O)N(c4ccc(Cl)c(Cl)c4)C3=O)cc2)CC1. The summed E-state index contributed by atoms with van der Waals surface area (Å²) in [7, 11) is 0. The minimum Gasteiger partial charge on any atom is -0.350 e. The van der Waals surface area contributed by atoms with Crippen molar-refractivity contribution in [3.63, 3.8) is 0 Å². The molecule has 2 aliphatic heterocycles. The Morgan fingerprint density at radius 3 is 2.22 bits per heavy atom. The van der Waals surface area contributed by atoms with E-state index < -0.39 is 11.8 Å². The average Bonchev–Trinajstić information content (AvgIpc) is 2.99. The van der Waals surface area contributed by atoms with Crippen molar-refractivity contribution in [1.82, 2.24) is 4.90 Å². The second-order valence-electron chi connectivity index (χ2n) is 7.91. The molecule has 0 atom stereocenters. The molecule has 2 aliphatic rings. The molecule has 0 saturated carbocycles. The normalized spacial score (nSPS) is 17.4. The highest BCUT2D eigenvalue weighted by Gasteiger charge is 2.39. The third kappa shape index (κ3) is 4.35. The van der Waals surface area contributed by atoms with Gasteiger partial charge in [0.25, 0.3) is 17.7 Å². The molecule has 1 saturated heterocycles. The van der Waals surface area contributed by atoms with Gasteiger partial charge in [-0.3, -0.25) is 14.4 Å². The van der Waals surface area contributed by atoms with Crippen LogP contribution in [0.25, 0.3) is 0 Å². The molecular weight excluding hydrogens is 473 g/mol. The fourth-order valence-corrected chi connectivity index (χ4v) is 4.21. The minimum absolute atomic E-state index is 0.0152. The van der Waals surface area contributed by atoms with E-state index in [0.717, 1.165) is 30.8 Å². The lowest BCUT2D eigenvalue weighted by Crippen LogP contribution is -2.37. The number of imide groups is 1. The molecule has 4 rings (SSSR count). The molecule has 9 heteroatoms. The summed E-state index contributed by atoms with van der Waals surface area (Å²) in [6.45, 7) is 3.70. The molecular formula is C23H20Cl3N3O3. The summed E-state index contributed by atoms with van der Waals surface area (Å²) in [4.78, 5) is 41.0. The number of benzene rings is 2. The highest BCUT2D eigenvalue weighted by Crippen LogP contribution is 2.33. The molecule has 0 aliphatic carbocycles. The number of hydrogen-bond acceptors (Lipinski definition) is 4. The first-order chi connectivity index (χ1) is 15.3. The molecule has 2 aromatic rings. The van der Waals surface area contributed by atoms with Gasteiger partial charge in [-0.1, -0.05) is 41.7 Å². The number of piperidine rings is 1. The predicted octanol–water partition coefficient (Wildman–Crippen LogP) is 5.30. The highest BCUT2D eigenvalue weighted by atomic mass is 35.5. The van der Waals surface area contributed by atoms with Crippen molar-refractivity contribution >= 4 is 63.9 Å². The second kappa shape index (κ2) is 9.14. The molecule has 2 heterocycles. The fourth-order valence-electron chi connectivity index (χ4n) is 3.70. The number of hydrogen-bond donors (Lipinski definition) is 1. The van der Waals surface area contributed by atoms with E-state index in [0.29, 0.717) is 22.2 Å². The van der Waals surface area contributed by atoms with Crippen LogP contribution in [0.2, 0.25) is 10.0 Å². The van der Waals surface area contributed by atoms with E-state index in [1.807, 2.05) is 4.90 Å². The third-order valence-electron chi connectivity index (χ3n) is 5.66. The van der Waals surface area contributed by atoms with E-state index in [2.05, 4.69) is 12.2 Å². The van der Waals surface area contributed by atoms with Crippen LogP contribution in [0.5, 0.6) is 0 Å². The zero-order chi connectivity index (χ0) is 23.0. The number of anilines is 2. The summed E-state index contributed by atoms with van der Waals surface area (Å²) in [5, 5.41) is 3.19. The quantitative estimate of drug-likeness (QED) is 0.588. The maximum absolute atomic E-state index is 12.9. The number of rotatable bonds is 4. The fraction of sp³-hybridized carbons (Fsp3) is 0.261. The van der Waals surface area contributed by atoms with Crippen molar-refractivity contribution in [2.45, 2.75) is 19.8 Å². The number of nitrogens with zero attached hydrogens (tertiary/aromatic N) is 2. The van der Waals surface area contributed by atoms with E-state index in [1.54, 1.807) is 24.3 Å². The minimum atomic E-state index is -0.663. The standard InChI is InChI=1S/C23H20Cl3N3O3/c1-13-8-10-28(11-9-13)21(30)14-2-4-15(5-3-14)27-20-19(26)22(31)29(23(20)32)16-6-7-17(24)18(25)12-16/h2-7,12-13,27H,8-11H2,1H3. The lowest BCUT2D eigenvalue weighted by Gasteiger charge is -2.30. The largest absolute Gasteiger partial charge is 0.350 e. The van der Waals surface area contributed by atoms with Crippen molar-refractivity contribution in [1.29, 1.82) is 0 Å². The van der Waals surface area contributed by atoms with Crippen LogP contribution in [0.15, 0.2) is 53.2 Å². The third-order valence-corrected chi connectivity index (χ3v) is 6.75. The van der Waals surface area contributed by atoms with Gasteiger partial charge in [-0.25, -0.2) is 4.90 Å². The molecule has 3 amide bonds. The van der Waals surface area contributed by atoms with Gasteiger partial charge in [-0.05, 0) is 61.2 Å². The molecule has 0 bridgehead atoms. The van der Waals surface area contributed by atoms with Crippen LogP contribution in [-0.2, 0) is 9.59 Å². The molecule has 6 nitrogen and oxygen atoms in total. The van der Waals surface area contributed by atoms with Crippen LogP contribution in [0.1, 0.15) is 30.1 Å². The Morgan fingerprint density at radius 1 is 0.938 bits per heavy atom. The number of carbonyl (C=O) groups is 3. The smallest absolute Gasteiger partial charge is 0.283 e. The van der Waals surface area contributed by atoms with Gasteiger partial charge in [0.15, 0.2) is 0 Å². The summed E-state index contributed by atoms with van der Waals surface area (Å²) >= 11 is 18.1. The maximum Gasteiger partial charge on any atom is 0.283 e. The van der Waals surface area contributed by atoms with Crippen LogP contribution >= 0.6 is 34.8 Å². The van der Waals surface area contributed by atoms with Crippen molar-refractivity contribution in [2.75, 3.05) is 23.3 Å². The van der Waals surface area contributed by atoms with Crippen molar-refractivity contribution in [2.24, 2.45) is 5.92 Å². The number of likely N-dealkylation sites (tertiary alicyclic amines) is 1. The van der Waals surface area contributed by atoms with Gasteiger partial charge in [0, 0.05) is 24.3 Å². The van der Waals surface area contributed by atoms with Gasteiger partial charge in [-0.2, -0.15) is 0 Å². The van der Waals surface area contributed by atoms with Crippen molar-refractivity contribution < 1.29 is 14.4 Å². The van der Waals surface area contributed by atoms with Gasteiger partial charge >= 0.3 is 0 Å². The van der Waals surface area contributed by atoms with Gasteiger partial charge in [-0.15, -0.1) is 0 Å². The Hall–Kier alpha value is -2.54. The number of nitrogens with one attached hydrogen (secondary N) is 1. The van der Waals surface area contributed by atoms with Crippen molar-refractivity contribution in [3.05, 3.63) is 68.8 Å². The summed E-state index contributed by atoms with van der Waals surface area (Å²) in [5.74, 6) is -0.651. The first kappa shape index (κ1) is 22.6. The van der Waals surface area contributed by atoms with Crippen LogP contribution < -0.4 is 10.2 Å². The van der Waals surface area contributed by atoms with Crippen molar-refractivity contribution in [3.8, 4) is 0 Å². The summed E-state index contributed by atoms with van der Waals surface area (Å²) in [6.07, 6.45) is 2.01. The van der Waals surface area contributed by atoms with Crippen LogP contribution in [-0.4, -0.2) is 35.7 Å². The molecule has 32 heavy (non-hydrogen) atoms. The number of amides is 3. The van der Waals surface area contributed by atoms with E-state index >= 15 is 0 Å². The zero-order valence-electron chi connectivity index (χ0n) is 17.2. The summed E-state index contributed by atoms with van der Waals surface area (Å²) < 4.78 is 0. The Labute approximate surface area is 200 Å². The maximum atomic E-state index is 12.9. The zero-order valence-corrected chi connectivity index (χ0v) is 19.5. The molecule has 0 aromatic heterocycles. The van der Waals surface area contributed by atoms with Crippen LogP contribution in [0, 0.1) is 5.92 Å². The highest BCUT2D eigenvalue weighted by molar-refractivity contribution is 6.53. The van der Waals surface area contributed by atoms with Gasteiger partial charge in [0.05, 0.1) is 15.7 Å². The number of halogens is 3. The Balaban J connectivity index is 1.48. The molecule has 1 N–H and O–H groups in total. The Bertz CT molecular complexity index is 1120. The topological polar surface area (TPSA) is 69.7 Å². The van der Waals surface area contributed by atoms with Crippen LogP contribution in [0.3, 0.4) is 0 Å². The number of carbonyl (C=O) groups excluding carboxylic acids is 3. The van der Waals surface area contributed by atoms with Gasteiger partial charge in [0.1, 0.15) is 10.7 Å². The summed E-state index contributed by atoms with van der Waals surface area (Å²) in [6, 6.07) is 11.2. The summed E-state index contributed by atoms with van der Waals surface area (Å²) in [5.41, 5.74) is 1.31. The lowest BCUT2D eigenvalue weighted by molar-refractivity contribution is -0.120. The molecule has 0 radical (unpaired) electrons. The molecule has 0 spiro atoms. The van der Waals surface area contributed by atoms with Crippen LogP contribution in [0.4, 0.5) is 11.4 Å².